The maximum absolute atomic E-state index is 13.4. The molecule has 0 aliphatic heterocycles. The first-order valence-corrected chi connectivity index (χ1v) is 5.78. The Labute approximate surface area is 98.8 Å². The van der Waals surface area contributed by atoms with Crippen LogP contribution in [0.15, 0.2) is 18.2 Å². The van der Waals surface area contributed by atoms with Crippen molar-refractivity contribution >= 4 is 5.78 Å². The minimum Gasteiger partial charge on any atom is -0.325 e. The Kier molecular flexibility index (Phi) is 3.24. The summed E-state index contributed by atoms with van der Waals surface area (Å²) in [5.74, 6) is -2.47. The summed E-state index contributed by atoms with van der Waals surface area (Å²) in [4.78, 5) is 11.9. The van der Waals surface area contributed by atoms with Gasteiger partial charge in [-0.2, -0.15) is 0 Å². The molecule has 0 heterocycles. The van der Waals surface area contributed by atoms with Gasteiger partial charge < -0.3 is 5.73 Å². The largest absolute Gasteiger partial charge is 0.325 e. The van der Waals surface area contributed by atoms with Crippen molar-refractivity contribution in [3.05, 3.63) is 35.4 Å². The molecule has 0 unspecified atom stereocenters. The molecule has 0 atom stereocenters. The summed E-state index contributed by atoms with van der Waals surface area (Å²) in [5, 5.41) is 0. The number of nitrogens with two attached hydrogens (primary N) is 1. The Balaban J connectivity index is 2.17. The molecule has 0 amide bonds. The smallest absolute Gasteiger partial charge is 0.169 e. The molecule has 0 spiro atoms. The fourth-order valence-electron chi connectivity index (χ4n) is 2.39. The van der Waals surface area contributed by atoms with Gasteiger partial charge in [-0.3, -0.25) is 4.79 Å². The van der Waals surface area contributed by atoms with Crippen LogP contribution < -0.4 is 5.73 Å². The zero-order valence-corrected chi connectivity index (χ0v) is 9.51. The molecule has 1 fully saturated rings. The normalized spacial score (nSPS) is 18.3. The number of hydrogen-bond donors (Lipinski definition) is 1. The van der Waals surface area contributed by atoms with Crippen LogP contribution in [0.3, 0.4) is 0 Å². The van der Waals surface area contributed by atoms with E-state index in [1.807, 2.05) is 0 Å². The lowest BCUT2D eigenvalue weighted by atomic mass is 9.90. The SMILES string of the molecule is NC1(CC(=O)c2cccc(F)c2F)CCCC1. The third kappa shape index (κ3) is 2.52. The summed E-state index contributed by atoms with van der Waals surface area (Å²) >= 11 is 0. The highest BCUT2D eigenvalue weighted by Crippen LogP contribution is 2.31. The van der Waals surface area contributed by atoms with E-state index >= 15 is 0 Å². The first kappa shape index (κ1) is 12.2. The van der Waals surface area contributed by atoms with Gasteiger partial charge in [0.1, 0.15) is 0 Å². The summed E-state index contributed by atoms with van der Waals surface area (Å²) in [5.41, 5.74) is 5.32. The van der Waals surface area contributed by atoms with Crippen LogP contribution in [0.25, 0.3) is 0 Å². The van der Waals surface area contributed by atoms with Gasteiger partial charge in [-0.05, 0) is 25.0 Å². The number of carbonyl (C=O) groups excluding carboxylic acids is 1. The Bertz CT molecular complexity index is 439. The Hall–Kier alpha value is -1.29. The number of halogens is 2. The summed E-state index contributed by atoms with van der Waals surface area (Å²) in [6.07, 6.45) is 3.63. The number of carbonyl (C=O) groups is 1. The highest BCUT2D eigenvalue weighted by atomic mass is 19.2. The van der Waals surface area contributed by atoms with Gasteiger partial charge in [0.25, 0.3) is 0 Å². The fourth-order valence-corrected chi connectivity index (χ4v) is 2.39. The molecule has 1 aromatic carbocycles. The summed E-state index contributed by atoms with van der Waals surface area (Å²) in [6, 6.07) is 3.64. The fraction of sp³-hybridized carbons (Fsp3) is 0.462. The van der Waals surface area contributed by atoms with E-state index in [0.29, 0.717) is 0 Å². The summed E-state index contributed by atoms with van der Waals surface area (Å²) in [6.45, 7) is 0. The average Bonchev–Trinajstić information content (AvgIpc) is 2.68. The summed E-state index contributed by atoms with van der Waals surface area (Å²) in [7, 11) is 0. The van der Waals surface area contributed by atoms with Crippen molar-refractivity contribution in [3.63, 3.8) is 0 Å². The Morgan fingerprint density at radius 2 is 1.94 bits per heavy atom. The molecular formula is C13H15F2NO. The molecule has 0 radical (unpaired) electrons. The lowest BCUT2D eigenvalue weighted by Gasteiger charge is -2.22. The molecule has 2 rings (SSSR count). The van der Waals surface area contributed by atoms with Crippen LogP contribution in [-0.2, 0) is 0 Å². The molecule has 1 aromatic rings. The number of hydrogen-bond acceptors (Lipinski definition) is 2. The lowest BCUT2D eigenvalue weighted by molar-refractivity contribution is 0.0947. The third-order valence-corrected chi connectivity index (χ3v) is 3.36. The van der Waals surface area contributed by atoms with Crippen LogP contribution in [0, 0.1) is 11.6 Å². The van der Waals surface area contributed by atoms with E-state index in [0.717, 1.165) is 31.7 Å². The van der Waals surface area contributed by atoms with Gasteiger partial charge in [0.15, 0.2) is 17.4 Å². The highest BCUT2D eigenvalue weighted by molar-refractivity contribution is 5.97. The third-order valence-electron chi connectivity index (χ3n) is 3.36. The standard InChI is InChI=1S/C13H15F2NO/c14-10-5-3-4-9(12(10)15)11(17)8-13(16)6-1-2-7-13/h3-5H,1-2,6-8,16H2. The second-order valence-electron chi connectivity index (χ2n) is 4.77. The summed E-state index contributed by atoms with van der Waals surface area (Å²) < 4.78 is 26.4. The van der Waals surface area contributed by atoms with Crippen molar-refractivity contribution in [2.45, 2.75) is 37.6 Å². The first-order valence-electron chi connectivity index (χ1n) is 5.78. The van der Waals surface area contributed by atoms with Crippen molar-refractivity contribution in [3.8, 4) is 0 Å². The van der Waals surface area contributed by atoms with Crippen LogP contribution in [0.2, 0.25) is 0 Å². The van der Waals surface area contributed by atoms with E-state index in [9.17, 15) is 13.6 Å². The van der Waals surface area contributed by atoms with E-state index in [2.05, 4.69) is 0 Å². The predicted octanol–water partition coefficient (Wildman–Crippen LogP) is 2.81. The molecule has 17 heavy (non-hydrogen) atoms. The second-order valence-corrected chi connectivity index (χ2v) is 4.77. The van der Waals surface area contributed by atoms with Crippen molar-refractivity contribution in [2.24, 2.45) is 5.73 Å². The van der Waals surface area contributed by atoms with Crippen molar-refractivity contribution < 1.29 is 13.6 Å². The number of benzene rings is 1. The minimum atomic E-state index is -1.07. The molecule has 4 heteroatoms. The van der Waals surface area contributed by atoms with Gasteiger partial charge in [0.05, 0.1) is 5.56 Å². The van der Waals surface area contributed by atoms with E-state index < -0.39 is 23.0 Å². The molecule has 1 aliphatic carbocycles. The quantitative estimate of drug-likeness (QED) is 0.824. The first-order chi connectivity index (χ1) is 8.02. The maximum Gasteiger partial charge on any atom is 0.169 e. The van der Waals surface area contributed by atoms with Crippen LogP contribution in [0.4, 0.5) is 8.78 Å². The van der Waals surface area contributed by atoms with Gasteiger partial charge in [0, 0.05) is 12.0 Å². The Morgan fingerprint density at radius 1 is 1.29 bits per heavy atom. The van der Waals surface area contributed by atoms with E-state index in [-0.39, 0.29) is 12.0 Å². The van der Waals surface area contributed by atoms with Crippen molar-refractivity contribution in [2.75, 3.05) is 0 Å². The van der Waals surface area contributed by atoms with Crippen molar-refractivity contribution in [1.82, 2.24) is 0 Å². The predicted molar refractivity (Wildman–Crippen MR) is 60.7 cm³/mol. The zero-order chi connectivity index (χ0) is 12.5. The number of rotatable bonds is 3. The topological polar surface area (TPSA) is 43.1 Å². The van der Waals surface area contributed by atoms with Gasteiger partial charge >= 0.3 is 0 Å². The van der Waals surface area contributed by atoms with Crippen LogP contribution in [0.1, 0.15) is 42.5 Å². The second kappa shape index (κ2) is 4.53. The van der Waals surface area contributed by atoms with Gasteiger partial charge in [0.2, 0.25) is 0 Å². The van der Waals surface area contributed by atoms with E-state index in [1.165, 1.54) is 12.1 Å². The molecule has 2 nitrogen and oxygen atoms in total. The number of ketones is 1. The zero-order valence-electron chi connectivity index (χ0n) is 9.51. The van der Waals surface area contributed by atoms with Gasteiger partial charge in [-0.25, -0.2) is 8.78 Å². The van der Waals surface area contributed by atoms with Gasteiger partial charge in [-0.1, -0.05) is 18.9 Å². The maximum atomic E-state index is 13.4. The van der Waals surface area contributed by atoms with E-state index in [4.69, 9.17) is 5.73 Å². The van der Waals surface area contributed by atoms with Crippen LogP contribution in [-0.4, -0.2) is 11.3 Å². The Morgan fingerprint density at radius 3 is 2.59 bits per heavy atom. The van der Waals surface area contributed by atoms with Crippen LogP contribution >= 0.6 is 0 Å². The number of Topliss-reactive ketones (excluding diaryl/α,β-unsaturated/α-hetero) is 1. The monoisotopic (exact) mass is 239 g/mol. The molecule has 0 saturated heterocycles. The molecule has 0 aromatic heterocycles. The van der Waals surface area contributed by atoms with Crippen molar-refractivity contribution in [1.29, 1.82) is 0 Å². The van der Waals surface area contributed by atoms with Crippen LogP contribution in [0.5, 0.6) is 0 Å². The molecular weight excluding hydrogens is 224 g/mol. The highest BCUT2D eigenvalue weighted by Gasteiger charge is 2.32. The molecule has 0 bridgehead atoms. The average molecular weight is 239 g/mol. The lowest BCUT2D eigenvalue weighted by Crippen LogP contribution is -2.38. The molecule has 1 aliphatic rings. The molecule has 2 N–H and O–H groups in total. The van der Waals surface area contributed by atoms with Gasteiger partial charge in [-0.15, -0.1) is 0 Å². The minimum absolute atomic E-state index is 0.0906. The molecule has 92 valence electrons. The van der Waals surface area contributed by atoms with E-state index in [1.54, 1.807) is 0 Å². The molecule has 1 saturated carbocycles.